The fraction of sp³-hybridized carbons (Fsp3) is 0. The zero-order valence-corrected chi connectivity index (χ0v) is 51.9. The van der Waals surface area contributed by atoms with E-state index in [2.05, 4.69) is 310 Å². The fourth-order valence-corrected chi connectivity index (χ4v) is 16.8. The van der Waals surface area contributed by atoms with E-state index in [0.29, 0.717) is 17.2 Å². The Bertz CT molecular complexity index is 5620. The zero-order valence-electron chi connectivity index (χ0n) is 51.9. The van der Waals surface area contributed by atoms with E-state index in [9.17, 15) is 0 Å². The number of rotatable bonds is 7. The lowest BCUT2D eigenvalue weighted by molar-refractivity contribution is 0.441. The van der Waals surface area contributed by atoms with Gasteiger partial charge in [-0.2, -0.15) is 0 Å². The van der Waals surface area contributed by atoms with Crippen molar-refractivity contribution in [2.45, 2.75) is 0 Å². The molecule has 0 aliphatic carbocycles. The second-order valence-corrected chi connectivity index (χ2v) is 25.8. The molecule has 0 fully saturated rings. The highest BCUT2D eigenvalue weighted by molar-refractivity contribution is 7.05. The number of anilines is 15. The van der Waals surface area contributed by atoms with Crippen LogP contribution in [0.3, 0.4) is 0 Å². The van der Waals surface area contributed by atoms with Gasteiger partial charge in [-0.05, 0) is 141 Å². The minimum Gasteiger partial charge on any atom is -0.458 e. The van der Waals surface area contributed by atoms with Crippen molar-refractivity contribution in [1.29, 1.82) is 0 Å². The Morgan fingerprint density at radius 2 is 0.619 bits per heavy atom. The molecule has 22 rings (SSSR count). The molecule has 0 saturated heterocycles. The number of nitrogens with zero attached hydrogens (tertiary/aromatic N) is 5. The van der Waals surface area contributed by atoms with Crippen molar-refractivity contribution in [2.75, 3.05) is 24.5 Å². The van der Waals surface area contributed by atoms with E-state index in [1.54, 1.807) is 0 Å². The number of hydrogen-bond donors (Lipinski definition) is 0. The maximum Gasteiger partial charge on any atom is 0.260 e. The number of benzene rings is 14. The average Bonchev–Trinajstić information content (AvgIpc) is 0.672. The van der Waals surface area contributed by atoms with Gasteiger partial charge >= 0.3 is 0 Å². The van der Waals surface area contributed by atoms with Crippen LogP contribution in [0.1, 0.15) is 0 Å². The summed E-state index contributed by atoms with van der Waals surface area (Å²) in [7, 11) is 0. The molecule has 13 heteroatoms. The molecule has 10 nitrogen and oxygen atoms in total. The van der Waals surface area contributed by atoms with Gasteiger partial charge in [0, 0.05) is 105 Å². The van der Waals surface area contributed by atoms with Crippen LogP contribution in [-0.2, 0) is 0 Å². The van der Waals surface area contributed by atoms with Crippen molar-refractivity contribution >= 4 is 155 Å². The van der Waals surface area contributed by atoms with Crippen LogP contribution in [-0.4, -0.2) is 20.1 Å². The average molecular weight is 1240 g/mol. The minimum absolute atomic E-state index is 0.207. The van der Waals surface area contributed by atoms with Gasteiger partial charge in [-0.3, -0.25) is 4.90 Å². The molecule has 0 saturated carbocycles. The van der Waals surface area contributed by atoms with Gasteiger partial charge < -0.3 is 43.3 Å². The number of para-hydroxylation sites is 10. The Kier molecular flexibility index (Phi) is 10.8. The van der Waals surface area contributed by atoms with Crippen molar-refractivity contribution < 1.29 is 23.7 Å². The first-order valence-corrected chi connectivity index (χ1v) is 33.1. The third kappa shape index (κ3) is 7.47. The summed E-state index contributed by atoms with van der Waals surface area (Å²) in [4.78, 5) is 11.8. The summed E-state index contributed by atoms with van der Waals surface area (Å²) < 4.78 is 36.5. The molecule has 14 aromatic rings. The molecule has 14 aromatic carbocycles. The molecular weight excluding hydrogens is 1190 g/mol. The molecule has 450 valence electrons. The normalized spacial score (nSPS) is 13.9. The van der Waals surface area contributed by atoms with Gasteiger partial charge in [-0.25, -0.2) is 0 Å². The first-order valence-electron chi connectivity index (χ1n) is 33.1. The summed E-state index contributed by atoms with van der Waals surface area (Å²) in [6, 6.07) is 108. The number of fused-ring (bicyclic) bond motifs is 18. The zero-order chi connectivity index (χ0) is 63.1. The number of ether oxygens (including phenoxy) is 5. The van der Waals surface area contributed by atoms with E-state index in [-0.39, 0.29) is 20.1 Å². The molecule has 0 spiro atoms. The summed E-state index contributed by atoms with van der Waals surface area (Å²) in [5.74, 6) is 7.44. The molecule has 8 aliphatic rings. The predicted molar refractivity (Wildman–Crippen MR) is 394 cm³/mol. The van der Waals surface area contributed by atoms with Gasteiger partial charge in [0.1, 0.15) is 40.2 Å². The summed E-state index contributed by atoms with van der Waals surface area (Å²) in [6.45, 7) is -0.656. The third-order valence-corrected chi connectivity index (χ3v) is 20.7. The second-order valence-electron chi connectivity index (χ2n) is 25.8. The second kappa shape index (κ2) is 19.9. The van der Waals surface area contributed by atoms with E-state index < -0.39 is 0 Å². The monoisotopic (exact) mass is 1240 g/mol. The highest BCUT2D eigenvalue weighted by atomic mass is 16.5. The number of hydrogen-bond acceptors (Lipinski definition) is 10. The van der Waals surface area contributed by atoms with Crippen LogP contribution in [0, 0.1) is 0 Å². The molecular formula is C84H50B3N5O5. The van der Waals surface area contributed by atoms with Crippen LogP contribution < -0.4 is 97.3 Å². The SMILES string of the molecule is c1ccc(N(c2ccccc2)c2cc3c4c(c2)Oc2cc5c(cc2B4c2ccccc2O3)B2c3ccccc3N3c4ccccc4B4c6cc7c(cc6Oc6cc(c2c3c64)N5c2ccccc2)Oc2cc(N(c3ccccc3)c3ccccc3)cc3c2N7c2ccccc2O3)cc1. The van der Waals surface area contributed by atoms with Crippen LogP contribution in [0.15, 0.2) is 303 Å². The molecule has 0 unspecified atom stereocenters. The third-order valence-electron chi connectivity index (χ3n) is 20.7. The Balaban J connectivity index is 0.752. The lowest BCUT2D eigenvalue weighted by Crippen LogP contribution is -2.68. The van der Waals surface area contributed by atoms with E-state index in [0.717, 1.165) is 153 Å². The van der Waals surface area contributed by atoms with E-state index in [1.807, 2.05) is 18.2 Å². The summed E-state index contributed by atoms with van der Waals surface area (Å²) >= 11 is 0. The van der Waals surface area contributed by atoms with Crippen LogP contribution in [0.25, 0.3) is 0 Å². The smallest absolute Gasteiger partial charge is 0.260 e. The Morgan fingerprint density at radius 1 is 0.206 bits per heavy atom. The van der Waals surface area contributed by atoms with Crippen LogP contribution >= 0.6 is 0 Å². The predicted octanol–water partition coefficient (Wildman–Crippen LogP) is 16.1. The van der Waals surface area contributed by atoms with Crippen molar-refractivity contribution in [1.82, 2.24) is 0 Å². The van der Waals surface area contributed by atoms with Crippen LogP contribution in [0.2, 0.25) is 0 Å². The summed E-state index contributed by atoms with van der Waals surface area (Å²) in [6.07, 6.45) is 0. The Labute approximate surface area is 560 Å². The van der Waals surface area contributed by atoms with Gasteiger partial charge in [0.05, 0.1) is 22.7 Å². The molecule has 0 atom stereocenters. The maximum absolute atomic E-state index is 7.66. The molecule has 0 radical (unpaired) electrons. The van der Waals surface area contributed by atoms with Gasteiger partial charge in [-0.15, -0.1) is 0 Å². The van der Waals surface area contributed by atoms with Gasteiger partial charge in [-0.1, -0.05) is 164 Å². The highest BCUT2D eigenvalue weighted by Crippen LogP contribution is 2.62. The molecule has 8 aliphatic heterocycles. The topological polar surface area (TPSA) is 62.4 Å². The lowest BCUT2D eigenvalue weighted by Gasteiger charge is -2.49. The molecule has 8 heterocycles. The standard InChI is InChI=1S/C84H50B3N5O5/c1-6-24-51(25-7-1)88(52-26-8-2-9-27-52)56-42-75-81-76(43-56)95-72-48-67-61(46-62(72)87(81)60-36-18-22-40-70(60)93-75)85-58-34-16-19-37-64(58)91-65-38-20-17-35-59(65)86-63-47-68-74(50-73(63)96-77-49-69(80(85)84(91)82(77)86)90(67)55-32-14-5-15-33-55)97-79-45-57(44-78-83(79)92(68)66-39-21-23-41-71(66)94-78)89(53-28-10-3-11-29-53)54-30-12-4-13-31-54/h1-50H. The van der Waals surface area contributed by atoms with E-state index >= 15 is 0 Å². The molecule has 0 N–H and O–H groups in total. The highest BCUT2D eigenvalue weighted by Gasteiger charge is 2.53. The van der Waals surface area contributed by atoms with Gasteiger partial charge in [0.25, 0.3) is 20.1 Å². The Morgan fingerprint density at radius 3 is 1.22 bits per heavy atom. The van der Waals surface area contributed by atoms with E-state index in [1.165, 1.54) is 21.9 Å². The lowest BCUT2D eigenvalue weighted by atomic mass is 9.28. The van der Waals surface area contributed by atoms with Crippen molar-refractivity contribution in [2.24, 2.45) is 0 Å². The van der Waals surface area contributed by atoms with Gasteiger partial charge in [0.2, 0.25) is 0 Å². The van der Waals surface area contributed by atoms with Crippen molar-refractivity contribution in [3.63, 3.8) is 0 Å². The summed E-state index contributed by atoms with van der Waals surface area (Å²) in [5.41, 5.74) is 25.2. The molecule has 97 heavy (non-hydrogen) atoms. The van der Waals surface area contributed by atoms with Crippen LogP contribution in [0.5, 0.6) is 57.5 Å². The first-order chi connectivity index (χ1) is 48.1. The molecule has 0 amide bonds. The molecule has 0 aromatic heterocycles. The molecule has 0 bridgehead atoms. The summed E-state index contributed by atoms with van der Waals surface area (Å²) in [5, 5.41) is 0. The van der Waals surface area contributed by atoms with Crippen molar-refractivity contribution in [3.8, 4) is 57.5 Å². The minimum atomic E-state index is -0.241. The fourth-order valence-electron chi connectivity index (χ4n) is 16.8. The quantitative estimate of drug-likeness (QED) is 0.144. The van der Waals surface area contributed by atoms with Gasteiger partial charge in [0.15, 0.2) is 23.0 Å². The van der Waals surface area contributed by atoms with E-state index in [4.69, 9.17) is 23.7 Å². The maximum atomic E-state index is 7.66. The largest absolute Gasteiger partial charge is 0.458 e. The first kappa shape index (κ1) is 52.7. The van der Waals surface area contributed by atoms with Crippen LogP contribution in [0.4, 0.5) is 85.3 Å². The van der Waals surface area contributed by atoms with Crippen molar-refractivity contribution in [3.05, 3.63) is 303 Å². The Hall–Kier alpha value is -12.7.